The van der Waals surface area contributed by atoms with Crippen molar-refractivity contribution in [3.05, 3.63) is 53.6 Å². The van der Waals surface area contributed by atoms with E-state index in [-0.39, 0.29) is 17.7 Å². The number of aromatic carboxylic acids is 1. The van der Waals surface area contributed by atoms with Gasteiger partial charge in [0.2, 0.25) is 11.8 Å². The summed E-state index contributed by atoms with van der Waals surface area (Å²) in [6.07, 6.45) is -0.249. The summed E-state index contributed by atoms with van der Waals surface area (Å²) in [5.74, 6) is -2.79. The number of carbonyl (C=O) groups excluding carboxylic acids is 3. The van der Waals surface area contributed by atoms with Crippen molar-refractivity contribution in [2.45, 2.75) is 18.6 Å². The maximum absolute atomic E-state index is 12.6. The number of nitrogens with one attached hydrogen (secondary N) is 1. The van der Waals surface area contributed by atoms with Crippen LogP contribution in [-0.2, 0) is 9.59 Å². The zero-order chi connectivity index (χ0) is 20.4. The van der Waals surface area contributed by atoms with E-state index in [4.69, 9.17) is 5.11 Å². The zero-order valence-corrected chi connectivity index (χ0v) is 15.5. The van der Waals surface area contributed by atoms with Gasteiger partial charge in [-0.25, -0.2) is 9.69 Å². The third-order valence-electron chi connectivity index (χ3n) is 4.16. The van der Waals surface area contributed by atoms with E-state index in [1.54, 1.807) is 31.2 Å². The molecule has 3 amide bonds. The Labute approximate surface area is 164 Å². The van der Waals surface area contributed by atoms with Crippen LogP contribution < -0.4 is 10.2 Å². The molecule has 0 spiro atoms. The van der Waals surface area contributed by atoms with Crippen molar-refractivity contribution in [1.82, 2.24) is 0 Å². The molecule has 8 nitrogen and oxygen atoms in total. The van der Waals surface area contributed by atoms with Gasteiger partial charge in [0.25, 0.3) is 5.24 Å². The van der Waals surface area contributed by atoms with Crippen molar-refractivity contribution in [3.63, 3.8) is 0 Å². The summed E-state index contributed by atoms with van der Waals surface area (Å²) in [4.78, 5) is 49.3. The molecule has 3 N–H and O–H groups in total. The van der Waals surface area contributed by atoms with E-state index in [0.717, 1.165) is 34.4 Å². The first-order valence-electron chi connectivity index (χ1n) is 8.24. The van der Waals surface area contributed by atoms with Gasteiger partial charge < -0.3 is 15.5 Å². The predicted octanol–water partition coefficient (Wildman–Crippen LogP) is 3.00. The fraction of sp³-hybridized carbons (Fsp3) is 0.158. The molecular weight excluding hydrogens is 384 g/mol. The number of para-hydroxylation sites is 1. The summed E-state index contributed by atoms with van der Waals surface area (Å²) in [6.45, 7) is 1.78. The standard InChI is InChI=1S/C19H16N2O6S/c1-10-4-2-3-5-13(10)21-17(24)15(28-19(21)27)9-16(23)20-11-6-7-14(22)12(8-11)18(25)26/h2-8,15,22H,9H2,1H3,(H,20,23)(H,25,26). The molecule has 1 atom stereocenters. The van der Waals surface area contributed by atoms with E-state index in [0.29, 0.717) is 5.69 Å². The number of nitrogens with zero attached hydrogens (tertiary/aromatic N) is 1. The van der Waals surface area contributed by atoms with Gasteiger partial charge in [-0.15, -0.1) is 0 Å². The van der Waals surface area contributed by atoms with Crippen LogP contribution in [0, 0.1) is 6.92 Å². The molecule has 0 aromatic heterocycles. The van der Waals surface area contributed by atoms with Gasteiger partial charge in [-0.2, -0.15) is 0 Å². The lowest BCUT2D eigenvalue weighted by Gasteiger charge is -2.16. The Morgan fingerprint density at radius 2 is 1.89 bits per heavy atom. The minimum Gasteiger partial charge on any atom is -0.507 e. The summed E-state index contributed by atoms with van der Waals surface area (Å²) < 4.78 is 0. The second kappa shape index (κ2) is 7.73. The van der Waals surface area contributed by atoms with Crippen molar-refractivity contribution in [2.75, 3.05) is 10.2 Å². The second-order valence-corrected chi connectivity index (χ2v) is 7.28. The third-order valence-corrected chi connectivity index (χ3v) is 5.20. The molecule has 3 rings (SSSR count). The summed E-state index contributed by atoms with van der Waals surface area (Å²) in [5.41, 5.74) is 1.06. The Balaban J connectivity index is 1.71. The van der Waals surface area contributed by atoms with Gasteiger partial charge in [0.15, 0.2) is 0 Å². The number of carboxylic acids is 1. The van der Waals surface area contributed by atoms with Crippen LogP contribution in [0.5, 0.6) is 5.75 Å². The van der Waals surface area contributed by atoms with Gasteiger partial charge in [0, 0.05) is 12.1 Å². The number of thioether (sulfide) groups is 1. The minimum absolute atomic E-state index is 0.165. The number of imide groups is 1. The number of carboxylic acid groups (broad SMARTS) is 1. The molecule has 0 radical (unpaired) electrons. The van der Waals surface area contributed by atoms with Crippen molar-refractivity contribution in [1.29, 1.82) is 0 Å². The molecular formula is C19H16N2O6S. The highest BCUT2D eigenvalue weighted by atomic mass is 32.2. The molecule has 0 bridgehead atoms. The van der Waals surface area contributed by atoms with Crippen molar-refractivity contribution < 1.29 is 29.4 Å². The Bertz CT molecular complexity index is 990. The second-order valence-electron chi connectivity index (χ2n) is 6.12. The van der Waals surface area contributed by atoms with Crippen molar-refractivity contribution >= 4 is 46.2 Å². The maximum atomic E-state index is 12.6. The van der Waals surface area contributed by atoms with Gasteiger partial charge in [-0.1, -0.05) is 18.2 Å². The van der Waals surface area contributed by atoms with E-state index < -0.39 is 34.0 Å². The van der Waals surface area contributed by atoms with Crippen LogP contribution in [-0.4, -0.2) is 38.5 Å². The fourth-order valence-corrected chi connectivity index (χ4v) is 3.76. The van der Waals surface area contributed by atoms with Crippen LogP contribution in [0.2, 0.25) is 0 Å². The predicted molar refractivity (Wildman–Crippen MR) is 104 cm³/mol. The normalized spacial score (nSPS) is 16.3. The number of aryl methyl sites for hydroxylation is 1. The third kappa shape index (κ3) is 3.84. The topological polar surface area (TPSA) is 124 Å². The lowest BCUT2D eigenvalue weighted by atomic mass is 10.1. The maximum Gasteiger partial charge on any atom is 0.339 e. The number of anilines is 2. The van der Waals surface area contributed by atoms with Crippen LogP contribution in [0.4, 0.5) is 16.2 Å². The van der Waals surface area contributed by atoms with E-state index in [9.17, 15) is 24.3 Å². The Morgan fingerprint density at radius 3 is 2.57 bits per heavy atom. The van der Waals surface area contributed by atoms with E-state index in [1.807, 2.05) is 0 Å². The number of phenols is 1. The highest BCUT2D eigenvalue weighted by molar-refractivity contribution is 8.15. The quantitative estimate of drug-likeness (QED) is 0.659. The molecule has 1 aliphatic heterocycles. The summed E-state index contributed by atoms with van der Waals surface area (Å²) in [6, 6.07) is 10.6. The van der Waals surface area contributed by atoms with Gasteiger partial charge in [-0.05, 0) is 48.5 Å². The number of hydrogen-bond donors (Lipinski definition) is 3. The van der Waals surface area contributed by atoms with Crippen molar-refractivity contribution in [3.8, 4) is 5.75 Å². The Kier molecular flexibility index (Phi) is 5.36. The van der Waals surface area contributed by atoms with E-state index >= 15 is 0 Å². The van der Waals surface area contributed by atoms with E-state index in [1.165, 1.54) is 6.07 Å². The highest BCUT2D eigenvalue weighted by Gasteiger charge is 2.42. The first-order valence-corrected chi connectivity index (χ1v) is 9.12. The molecule has 0 saturated carbocycles. The highest BCUT2D eigenvalue weighted by Crippen LogP contribution is 2.35. The first kappa shape index (κ1) is 19.4. The number of carbonyl (C=O) groups is 4. The van der Waals surface area contributed by atoms with Crippen LogP contribution in [0.15, 0.2) is 42.5 Å². The monoisotopic (exact) mass is 400 g/mol. The molecule has 1 heterocycles. The van der Waals surface area contributed by atoms with Gasteiger partial charge >= 0.3 is 5.97 Å². The fourth-order valence-electron chi connectivity index (χ4n) is 2.78. The first-order chi connectivity index (χ1) is 13.3. The van der Waals surface area contributed by atoms with Crippen LogP contribution in [0.1, 0.15) is 22.3 Å². The number of amides is 3. The minimum atomic E-state index is -1.34. The van der Waals surface area contributed by atoms with Gasteiger partial charge in [0.1, 0.15) is 16.6 Å². The smallest absolute Gasteiger partial charge is 0.339 e. The summed E-state index contributed by atoms with van der Waals surface area (Å²) >= 11 is 0.777. The average Bonchev–Trinajstić information content (AvgIpc) is 2.90. The van der Waals surface area contributed by atoms with Gasteiger partial charge in [-0.3, -0.25) is 14.4 Å². The number of aromatic hydroxyl groups is 1. The zero-order valence-electron chi connectivity index (χ0n) is 14.7. The molecule has 1 unspecified atom stereocenters. The molecule has 1 saturated heterocycles. The molecule has 1 aliphatic rings. The molecule has 2 aromatic carbocycles. The molecule has 9 heteroatoms. The molecule has 2 aromatic rings. The van der Waals surface area contributed by atoms with Crippen LogP contribution >= 0.6 is 11.8 Å². The average molecular weight is 400 g/mol. The Morgan fingerprint density at radius 1 is 1.18 bits per heavy atom. The lowest BCUT2D eigenvalue weighted by Crippen LogP contribution is -2.33. The van der Waals surface area contributed by atoms with Crippen molar-refractivity contribution in [2.24, 2.45) is 0 Å². The SMILES string of the molecule is Cc1ccccc1N1C(=O)SC(CC(=O)Nc2ccc(O)c(C(=O)O)c2)C1=O. The molecule has 28 heavy (non-hydrogen) atoms. The number of hydrogen-bond acceptors (Lipinski definition) is 6. The van der Waals surface area contributed by atoms with Crippen LogP contribution in [0.3, 0.4) is 0 Å². The molecule has 1 fully saturated rings. The molecule has 144 valence electrons. The van der Waals surface area contributed by atoms with Crippen LogP contribution in [0.25, 0.3) is 0 Å². The van der Waals surface area contributed by atoms with Gasteiger partial charge in [0.05, 0.1) is 5.69 Å². The van der Waals surface area contributed by atoms with E-state index in [2.05, 4.69) is 5.32 Å². The largest absolute Gasteiger partial charge is 0.507 e. The number of benzene rings is 2. The lowest BCUT2D eigenvalue weighted by molar-refractivity contribution is -0.121. The summed E-state index contributed by atoms with van der Waals surface area (Å²) in [7, 11) is 0. The number of rotatable bonds is 5. The Hall–Kier alpha value is -3.33. The molecule has 0 aliphatic carbocycles. The summed E-state index contributed by atoms with van der Waals surface area (Å²) in [5, 5.41) is 19.7.